The molecule has 2 N–H and O–H groups in total. The Hall–Kier alpha value is -1.20. The fourth-order valence-electron chi connectivity index (χ4n) is 1.50. The Morgan fingerprint density at radius 2 is 2.36 bits per heavy atom. The number of nitrogens with one attached hydrogen (secondary N) is 2. The number of hydrogen-bond donors (Lipinski definition) is 2. The van der Waals surface area contributed by atoms with Gasteiger partial charge in [-0.2, -0.15) is 0 Å². The van der Waals surface area contributed by atoms with Gasteiger partial charge in [0.05, 0.1) is 11.3 Å². The summed E-state index contributed by atoms with van der Waals surface area (Å²) in [5.74, 6) is 0.610. The third-order valence-electron chi connectivity index (χ3n) is 2.19. The van der Waals surface area contributed by atoms with Crippen molar-refractivity contribution in [3.8, 4) is 0 Å². The minimum Gasteiger partial charge on any atom is -0.374 e. The highest BCUT2D eigenvalue weighted by molar-refractivity contribution is 5.21. The lowest BCUT2D eigenvalue weighted by atomic mass is 10.3. The summed E-state index contributed by atoms with van der Waals surface area (Å²) in [5, 5.41) is 3.09. The van der Waals surface area contributed by atoms with E-state index in [4.69, 9.17) is 4.74 Å². The first-order chi connectivity index (χ1) is 6.81. The van der Waals surface area contributed by atoms with Crippen LogP contribution in [0.1, 0.15) is 24.0 Å². The van der Waals surface area contributed by atoms with E-state index < -0.39 is 0 Å². The maximum atomic E-state index is 11.5. The van der Waals surface area contributed by atoms with Gasteiger partial charge in [0.1, 0.15) is 12.4 Å². The van der Waals surface area contributed by atoms with Gasteiger partial charge in [-0.1, -0.05) is 0 Å². The molecule has 0 fully saturated rings. The second-order valence-corrected chi connectivity index (χ2v) is 3.18. The van der Waals surface area contributed by atoms with Crippen molar-refractivity contribution in [2.45, 2.75) is 26.6 Å². The van der Waals surface area contributed by atoms with Gasteiger partial charge in [0, 0.05) is 19.7 Å². The van der Waals surface area contributed by atoms with Gasteiger partial charge in [0.15, 0.2) is 0 Å². The molecule has 1 aromatic rings. The summed E-state index contributed by atoms with van der Waals surface area (Å²) < 4.78 is 5.18. The molecule has 1 aliphatic heterocycles. The van der Waals surface area contributed by atoms with E-state index in [1.165, 1.54) is 0 Å². The lowest BCUT2D eigenvalue weighted by Crippen LogP contribution is -2.17. The van der Waals surface area contributed by atoms with Crippen molar-refractivity contribution in [2.75, 3.05) is 6.61 Å². The van der Waals surface area contributed by atoms with Gasteiger partial charge in [0.25, 0.3) is 5.56 Å². The Morgan fingerprint density at radius 1 is 1.50 bits per heavy atom. The number of hydrogen-bond acceptors (Lipinski definition) is 4. The lowest BCUT2D eigenvalue weighted by Gasteiger charge is -2.02. The summed E-state index contributed by atoms with van der Waals surface area (Å²) in [7, 11) is 0. The zero-order valence-electron chi connectivity index (χ0n) is 8.09. The first-order valence-corrected chi connectivity index (χ1v) is 4.70. The van der Waals surface area contributed by atoms with Crippen molar-refractivity contribution >= 4 is 0 Å². The van der Waals surface area contributed by atoms with E-state index in [-0.39, 0.29) is 5.56 Å². The second-order valence-electron chi connectivity index (χ2n) is 3.18. The van der Waals surface area contributed by atoms with Crippen LogP contribution in [0, 0.1) is 0 Å². The predicted molar refractivity (Wildman–Crippen MR) is 50.7 cm³/mol. The third-order valence-corrected chi connectivity index (χ3v) is 2.19. The molecule has 0 saturated carbocycles. The molecule has 0 atom stereocenters. The van der Waals surface area contributed by atoms with E-state index in [1.54, 1.807) is 0 Å². The van der Waals surface area contributed by atoms with Crippen LogP contribution in [0.5, 0.6) is 0 Å². The molecule has 2 heterocycles. The van der Waals surface area contributed by atoms with Gasteiger partial charge in [-0.3, -0.25) is 4.79 Å². The summed E-state index contributed by atoms with van der Waals surface area (Å²) in [4.78, 5) is 18.5. The predicted octanol–water partition coefficient (Wildman–Crippen LogP) is -0.0904. The zero-order chi connectivity index (χ0) is 9.97. The summed E-state index contributed by atoms with van der Waals surface area (Å²) in [6.45, 7) is 4.20. The van der Waals surface area contributed by atoms with Crippen molar-refractivity contribution < 1.29 is 4.74 Å². The molecule has 0 spiro atoms. The number of aromatic nitrogens is 2. The van der Waals surface area contributed by atoms with E-state index in [2.05, 4.69) is 15.3 Å². The van der Waals surface area contributed by atoms with Crippen molar-refractivity contribution in [1.29, 1.82) is 0 Å². The van der Waals surface area contributed by atoms with Gasteiger partial charge in [-0.05, 0) is 6.92 Å². The molecule has 0 aromatic carbocycles. The van der Waals surface area contributed by atoms with Crippen LogP contribution in [-0.4, -0.2) is 16.6 Å². The number of H-pyrrole nitrogens is 1. The number of ether oxygens (including phenoxy) is 1. The molecule has 5 heteroatoms. The van der Waals surface area contributed by atoms with Crippen LogP contribution >= 0.6 is 0 Å². The van der Waals surface area contributed by atoms with Crippen LogP contribution in [0.3, 0.4) is 0 Å². The van der Waals surface area contributed by atoms with Crippen molar-refractivity contribution in [3.63, 3.8) is 0 Å². The highest BCUT2D eigenvalue weighted by Crippen LogP contribution is 2.07. The monoisotopic (exact) mass is 195 g/mol. The Kier molecular flexibility index (Phi) is 2.60. The molecular weight excluding hydrogens is 182 g/mol. The molecule has 0 bridgehead atoms. The first-order valence-electron chi connectivity index (χ1n) is 4.70. The average molecular weight is 195 g/mol. The van der Waals surface area contributed by atoms with E-state index in [0.29, 0.717) is 32.1 Å². The summed E-state index contributed by atoms with van der Waals surface area (Å²) in [6, 6.07) is 0. The van der Waals surface area contributed by atoms with Gasteiger partial charge in [-0.25, -0.2) is 4.98 Å². The number of aromatic amines is 1. The summed E-state index contributed by atoms with van der Waals surface area (Å²) in [5.41, 5.74) is 1.56. The van der Waals surface area contributed by atoms with Crippen LogP contribution < -0.4 is 10.9 Å². The summed E-state index contributed by atoms with van der Waals surface area (Å²) in [6.07, 6.45) is 0. The SMILES string of the molecule is CCOCc1nc2c(c(=O)[nH]1)CNC2. The molecule has 0 aliphatic carbocycles. The molecule has 0 saturated heterocycles. The largest absolute Gasteiger partial charge is 0.374 e. The van der Waals surface area contributed by atoms with Crippen LogP contribution in [0.15, 0.2) is 4.79 Å². The van der Waals surface area contributed by atoms with Crippen molar-refractivity contribution in [2.24, 2.45) is 0 Å². The van der Waals surface area contributed by atoms with Gasteiger partial charge in [0.2, 0.25) is 0 Å². The quantitative estimate of drug-likeness (QED) is 0.707. The third kappa shape index (κ3) is 1.69. The van der Waals surface area contributed by atoms with Gasteiger partial charge < -0.3 is 15.0 Å². The second kappa shape index (κ2) is 3.89. The van der Waals surface area contributed by atoms with E-state index in [1.807, 2.05) is 6.92 Å². The fraction of sp³-hybridized carbons (Fsp3) is 0.556. The highest BCUT2D eigenvalue weighted by Gasteiger charge is 2.16. The van der Waals surface area contributed by atoms with Crippen LogP contribution in [0.2, 0.25) is 0 Å². The molecular formula is C9H13N3O2. The smallest absolute Gasteiger partial charge is 0.255 e. The average Bonchev–Trinajstić information content (AvgIpc) is 2.63. The Balaban J connectivity index is 2.28. The number of fused-ring (bicyclic) bond motifs is 1. The molecule has 14 heavy (non-hydrogen) atoms. The van der Waals surface area contributed by atoms with E-state index >= 15 is 0 Å². The first kappa shape index (κ1) is 9.36. The molecule has 0 amide bonds. The van der Waals surface area contributed by atoms with Crippen molar-refractivity contribution in [1.82, 2.24) is 15.3 Å². The normalized spacial score (nSPS) is 14.4. The minimum absolute atomic E-state index is 0.0466. The maximum Gasteiger partial charge on any atom is 0.255 e. The maximum absolute atomic E-state index is 11.5. The number of nitrogens with zero attached hydrogens (tertiary/aromatic N) is 1. The molecule has 0 unspecified atom stereocenters. The van der Waals surface area contributed by atoms with Gasteiger partial charge in [-0.15, -0.1) is 0 Å². The molecule has 1 aliphatic rings. The minimum atomic E-state index is -0.0466. The molecule has 5 nitrogen and oxygen atoms in total. The zero-order valence-corrected chi connectivity index (χ0v) is 8.09. The Bertz CT molecular complexity index is 386. The molecule has 76 valence electrons. The summed E-state index contributed by atoms with van der Waals surface area (Å²) >= 11 is 0. The van der Waals surface area contributed by atoms with E-state index in [0.717, 1.165) is 11.3 Å². The van der Waals surface area contributed by atoms with E-state index in [9.17, 15) is 4.79 Å². The Morgan fingerprint density at radius 3 is 3.14 bits per heavy atom. The van der Waals surface area contributed by atoms with Crippen molar-refractivity contribution in [3.05, 3.63) is 27.4 Å². The lowest BCUT2D eigenvalue weighted by molar-refractivity contribution is 0.128. The van der Waals surface area contributed by atoms with Gasteiger partial charge >= 0.3 is 0 Å². The Labute approximate surface area is 81.5 Å². The van der Waals surface area contributed by atoms with Crippen LogP contribution in [-0.2, 0) is 24.4 Å². The molecule has 1 aromatic heterocycles. The topological polar surface area (TPSA) is 67.0 Å². The standard InChI is InChI=1S/C9H13N3O2/c1-2-14-5-8-11-7-4-10-3-6(7)9(13)12-8/h10H,2-5H2,1H3,(H,11,12,13). The van der Waals surface area contributed by atoms with Crippen LogP contribution in [0.4, 0.5) is 0 Å². The molecule has 0 radical (unpaired) electrons. The molecule has 2 rings (SSSR count). The highest BCUT2D eigenvalue weighted by atomic mass is 16.5. The number of rotatable bonds is 3. The van der Waals surface area contributed by atoms with Crippen LogP contribution in [0.25, 0.3) is 0 Å². The fourth-order valence-corrected chi connectivity index (χ4v) is 1.50.